The summed E-state index contributed by atoms with van der Waals surface area (Å²) in [6.45, 7) is 10.3. The lowest BCUT2D eigenvalue weighted by Crippen LogP contribution is -2.30. The maximum absolute atomic E-state index is 9.32. The van der Waals surface area contributed by atoms with E-state index in [1.807, 2.05) is 34.6 Å². The fourth-order valence-electron chi connectivity index (χ4n) is 1.44. The normalized spacial score (nSPS) is 13.8. The molecule has 5 heteroatoms. The Morgan fingerprint density at radius 2 is 1.94 bits per heavy atom. The number of nitrogens with zero attached hydrogens (tertiary/aromatic N) is 2. The van der Waals surface area contributed by atoms with Gasteiger partial charge in [-0.25, -0.2) is 9.97 Å². The Kier molecular flexibility index (Phi) is 4.93. The molecule has 1 aromatic rings. The third-order valence-electron chi connectivity index (χ3n) is 2.70. The van der Waals surface area contributed by atoms with E-state index in [1.54, 1.807) is 6.07 Å². The van der Waals surface area contributed by atoms with Crippen LogP contribution in [0.4, 0.5) is 5.82 Å². The third-order valence-corrected chi connectivity index (χ3v) is 2.89. The lowest BCUT2D eigenvalue weighted by atomic mass is 9.96. The summed E-state index contributed by atoms with van der Waals surface area (Å²) in [5.74, 6) is 1.66. The molecule has 2 N–H and O–H groups in total. The first-order chi connectivity index (χ1) is 8.24. The molecule has 0 unspecified atom stereocenters. The number of aliphatic hydroxyl groups is 1. The minimum Gasteiger partial charge on any atom is -0.394 e. The van der Waals surface area contributed by atoms with Gasteiger partial charge in [-0.15, -0.1) is 0 Å². The van der Waals surface area contributed by atoms with Crippen molar-refractivity contribution in [3.63, 3.8) is 0 Å². The summed E-state index contributed by atoms with van der Waals surface area (Å²) >= 11 is 6.01. The van der Waals surface area contributed by atoms with Gasteiger partial charge in [0.15, 0.2) is 0 Å². The van der Waals surface area contributed by atoms with Crippen LogP contribution in [0.3, 0.4) is 0 Å². The summed E-state index contributed by atoms with van der Waals surface area (Å²) in [4.78, 5) is 8.69. The Hall–Kier alpha value is -0.870. The minimum atomic E-state index is -0.159. The molecule has 0 bridgehead atoms. The molecule has 0 saturated heterocycles. The van der Waals surface area contributed by atoms with Crippen LogP contribution in [-0.2, 0) is 5.41 Å². The Labute approximate surface area is 114 Å². The van der Waals surface area contributed by atoms with E-state index in [4.69, 9.17) is 11.6 Å². The number of aromatic nitrogens is 2. The number of anilines is 1. The number of halogens is 1. The number of hydrogen-bond donors (Lipinski definition) is 2. The second-order valence-corrected chi connectivity index (χ2v) is 6.21. The topological polar surface area (TPSA) is 58.0 Å². The van der Waals surface area contributed by atoms with Crippen LogP contribution in [0.1, 0.15) is 40.4 Å². The number of hydrogen-bond acceptors (Lipinski definition) is 4. The van der Waals surface area contributed by atoms with Gasteiger partial charge in [-0.05, 0) is 5.92 Å². The van der Waals surface area contributed by atoms with E-state index < -0.39 is 0 Å². The molecule has 0 radical (unpaired) electrons. The van der Waals surface area contributed by atoms with E-state index in [0.29, 0.717) is 22.7 Å². The van der Waals surface area contributed by atoms with Crippen LogP contribution < -0.4 is 5.32 Å². The zero-order valence-electron chi connectivity index (χ0n) is 11.7. The second-order valence-electron chi connectivity index (χ2n) is 5.83. The summed E-state index contributed by atoms with van der Waals surface area (Å²) in [7, 11) is 0. The van der Waals surface area contributed by atoms with Gasteiger partial charge in [0.1, 0.15) is 16.8 Å². The molecular formula is C13H22ClN3O. The summed E-state index contributed by atoms with van der Waals surface area (Å²) in [5, 5.41) is 12.9. The van der Waals surface area contributed by atoms with Crippen molar-refractivity contribution in [1.82, 2.24) is 9.97 Å². The van der Waals surface area contributed by atoms with Crippen LogP contribution in [0.2, 0.25) is 5.15 Å². The molecule has 0 fully saturated rings. The monoisotopic (exact) mass is 271 g/mol. The smallest absolute Gasteiger partial charge is 0.137 e. The van der Waals surface area contributed by atoms with Gasteiger partial charge in [0.2, 0.25) is 0 Å². The minimum absolute atomic E-state index is 0.0382. The Bertz CT molecular complexity index is 402. The molecule has 0 spiro atoms. The van der Waals surface area contributed by atoms with Gasteiger partial charge >= 0.3 is 0 Å². The van der Waals surface area contributed by atoms with E-state index in [-0.39, 0.29) is 18.1 Å². The molecule has 102 valence electrons. The standard InChI is InChI=1S/C13H22ClN3O/c1-8(2)9(7-18)15-11-6-10(14)16-12(17-11)13(3,4)5/h6,8-9,18H,7H2,1-5H3,(H,15,16,17)/t9-/m1/s1. The fourth-order valence-corrected chi connectivity index (χ4v) is 1.62. The van der Waals surface area contributed by atoms with Crippen molar-refractivity contribution in [1.29, 1.82) is 0 Å². The van der Waals surface area contributed by atoms with Crippen molar-refractivity contribution in [2.75, 3.05) is 11.9 Å². The first-order valence-corrected chi connectivity index (χ1v) is 6.54. The Morgan fingerprint density at radius 3 is 2.39 bits per heavy atom. The van der Waals surface area contributed by atoms with E-state index in [0.717, 1.165) is 0 Å². The SMILES string of the molecule is CC(C)[C@@H](CO)Nc1cc(Cl)nc(C(C)(C)C)n1. The van der Waals surface area contributed by atoms with Gasteiger partial charge in [0.05, 0.1) is 12.6 Å². The highest BCUT2D eigenvalue weighted by atomic mass is 35.5. The Balaban J connectivity index is 3.00. The molecule has 0 aliphatic carbocycles. The first-order valence-electron chi connectivity index (χ1n) is 6.16. The molecule has 1 atom stereocenters. The predicted octanol–water partition coefficient (Wildman–Crippen LogP) is 2.86. The average molecular weight is 272 g/mol. The third kappa shape index (κ3) is 4.10. The highest BCUT2D eigenvalue weighted by Gasteiger charge is 2.20. The van der Waals surface area contributed by atoms with Gasteiger partial charge in [0, 0.05) is 11.5 Å². The molecule has 0 amide bonds. The van der Waals surface area contributed by atoms with Gasteiger partial charge in [-0.3, -0.25) is 0 Å². The number of aliphatic hydroxyl groups excluding tert-OH is 1. The van der Waals surface area contributed by atoms with Crippen LogP contribution in [-0.4, -0.2) is 27.7 Å². The molecule has 1 aromatic heterocycles. The maximum Gasteiger partial charge on any atom is 0.137 e. The van der Waals surface area contributed by atoms with Crippen molar-refractivity contribution in [2.45, 2.75) is 46.1 Å². The van der Waals surface area contributed by atoms with E-state index in [2.05, 4.69) is 15.3 Å². The van der Waals surface area contributed by atoms with Crippen molar-refractivity contribution < 1.29 is 5.11 Å². The largest absolute Gasteiger partial charge is 0.394 e. The highest BCUT2D eigenvalue weighted by molar-refractivity contribution is 6.29. The fraction of sp³-hybridized carbons (Fsp3) is 0.692. The molecule has 1 rings (SSSR count). The maximum atomic E-state index is 9.32. The Morgan fingerprint density at radius 1 is 1.33 bits per heavy atom. The predicted molar refractivity (Wildman–Crippen MR) is 75.1 cm³/mol. The van der Waals surface area contributed by atoms with Crippen molar-refractivity contribution >= 4 is 17.4 Å². The van der Waals surface area contributed by atoms with Gasteiger partial charge in [-0.1, -0.05) is 46.2 Å². The lowest BCUT2D eigenvalue weighted by molar-refractivity contribution is 0.249. The summed E-state index contributed by atoms with van der Waals surface area (Å²) in [5.41, 5.74) is -0.159. The molecular weight excluding hydrogens is 250 g/mol. The van der Waals surface area contributed by atoms with Crippen molar-refractivity contribution in [3.05, 3.63) is 17.0 Å². The summed E-state index contributed by atoms with van der Waals surface area (Å²) < 4.78 is 0. The summed E-state index contributed by atoms with van der Waals surface area (Å²) in [6.07, 6.45) is 0. The molecule has 0 aliphatic heterocycles. The van der Waals surface area contributed by atoms with Gasteiger partial charge in [-0.2, -0.15) is 0 Å². The molecule has 0 aliphatic rings. The molecule has 4 nitrogen and oxygen atoms in total. The quantitative estimate of drug-likeness (QED) is 0.827. The van der Waals surface area contributed by atoms with Crippen molar-refractivity contribution in [2.24, 2.45) is 5.92 Å². The van der Waals surface area contributed by atoms with Gasteiger partial charge < -0.3 is 10.4 Å². The first kappa shape index (κ1) is 15.2. The van der Waals surface area contributed by atoms with Crippen LogP contribution in [0.15, 0.2) is 6.07 Å². The van der Waals surface area contributed by atoms with Crippen LogP contribution in [0.25, 0.3) is 0 Å². The summed E-state index contributed by atoms with van der Waals surface area (Å²) in [6, 6.07) is 1.64. The lowest BCUT2D eigenvalue weighted by Gasteiger charge is -2.22. The zero-order valence-corrected chi connectivity index (χ0v) is 12.4. The van der Waals surface area contributed by atoms with Crippen LogP contribution in [0, 0.1) is 5.92 Å². The van der Waals surface area contributed by atoms with Crippen molar-refractivity contribution in [3.8, 4) is 0 Å². The molecule has 0 aromatic carbocycles. The number of rotatable bonds is 4. The molecule has 18 heavy (non-hydrogen) atoms. The van der Waals surface area contributed by atoms with E-state index >= 15 is 0 Å². The molecule has 1 heterocycles. The van der Waals surface area contributed by atoms with E-state index in [1.165, 1.54) is 0 Å². The number of nitrogens with one attached hydrogen (secondary N) is 1. The van der Waals surface area contributed by atoms with Gasteiger partial charge in [0.25, 0.3) is 0 Å². The second kappa shape index (κ2) is 5.85. The molecule has 0 saturated carbocycles. The van der Waals surface area contributed by atoms with Crippen LogP contribution in [0.5, 0.6) is 0 Å². The van der Waals surface area contributed by atoms with E-state index in [9.17, 15) is 5.11 Å². The van der Waals surface area contributed by atoms with Crippen LogP contribution >= 0.6 is 11.6 Å². The zero-order chi connectivity index (χ0) is 13.9. The average Bonchev–Trinajstić information content (AvgIpc) is 2.23. The highest BCUT2D eigenvalue weighted by Crippen LogP contribution is 2.23.